The average molecular weight is 487 g/mol. The number of nitrogens with zero attached hydrogens (tertiary/aromatic N) is 4. The Balaban J connectivity index is 1.59. The molecule has 4 rings (SSSR count). The molecular formula is C17H19FN5O9P. The first-order valence-electron chi connectivity index (χ1n) is 9.39. The van der Waals surface area contributed by atoms with E-state index in [0.717, 1.165) is 6.07 Å². The van der Waals surface area contributed by atoms with E-state index in [-0.39, 0.29) is 29.1 Å². The molecule has 0 aliphatic carbocycles. The van der Waals surface area contributed by atoms with Gasteiger partial charge in [0.25, 0.3) is 0 Å². The Morgan fingerprint density at radius 3 is 2.64 bits per heavy atom. The van der Waals surface area contributed by atoms with E-state index in [1.54, 1.807) is 0 Å². The number of halogens is 1. The van der Waals surface area contributed by atoms with Crippen molar-refractivity contribution in [3.63, 3.8) is 0 Å². The number of imidazole rings is 1. The molecule has 2 aromatic heterocycles. The molecule has 0 bridgehead atoms. The summed E-state index contributed by atoms with van der Waals surface area (Å²) in [5.41, 5.74) is 0.481. The van der Waals surface area contributed by atoms with E-state index < -0.39 is 56.3 Å². The van der Waals surface area contributed by atoms with Gasteiger partial charge < -0.3 is 35.0 Å². The summed E-state index contributed by atoms with van der Waals surface area (Å²) in [7, 11) is -5.02. The third-order valence-electron chi connectivity index (χ3n) is 4.95. The maximum absolute atomic E-state index is 13.8. The van der Waals surface area contributed by atoms with E-state index in [1.165, 1.54) is 17.2 Å². The number of aromatic nitrogens is 4. The molecule has 0 saturated carbocycles. The zero-order valence-corrected chi connectivity index (χ0v) is 17.4. The lowest BCUT2D eigenvalue weighted by atomic mass is 10.1. The third-order valence-corrected chi connectivity index (χ3v) is 5.38. The summed E-state index contributed by atoms with van der Waals surface area (Å²) in [6, 6.07) is 1.57. The fraction of sp³-hybridized carbons (Fsp3) is 0.353. The predicted octanol–water partition coefficient (Wildman–Crippen LogP) is -0.634. The molecule has 16 heteroatoms. The number of anilines is 1. The Kier molecular flexibility index (Phi) is 6.20. The number of phenolic OH excluding ortho intramolecular Hbond substituents is 1. The van der Waals surface area contributed by atoms with Gasteiger partial charge >= 0.3 is 7.82 Å². The van der Waals surface area contributed by atoms with E-state index >= 15 is 0 Å². The summed E-state index contributed by atoms with van der Waals surface area (Å²) in [6.07, 6.45) is -2.26. The number of nitrogens with one attached hydrogen (secondary N) is 1. The fourth-order valence-electron chi connectivity index (χ4n) is 3.38. The van der Waals surface area contributed by atoms with Gasteiger partial charge in [0.2, 0.25) is 0 Å². The molecule has 7 N–H and O–H groups in total. The minimum absolute atomic E-state index is 0.0366. The lowest BCUT2D eigenvalue weighted by Gasteiger charge is -2.16. The number of fused-ring (bicyclic) bond motifs is 1. The van der Waals surface area contributed by atoms with Gasteiger partial charge in [0, 0.05) is 18.2 Å². The van der Waals surface area contributed by atoms with Crippen molar-refractivity contribution >= 4 is 24.8 Å². The van der Waals surface area contributed by atoms with Crippen molar-refractivity contribution in [2.45, 2.75) is 31.1 Å². The van der Waals surface area contributed by atoms with Crippen LogP contribution in [0.15, 0.2) is 24.8 Å². The maximum atomic E-state index is 13.8. The van der Waals surface area contributed by atoms with Crippen LogP contribution in [0.3, 0.4) is 0 Å². The van der Waals surface area contributed by atoms with Crippen LogP contribution in [-0.2, 0) is 15.8 Å². The van der Waals surface area contributed by atoms with E-state index in [9.17, 15) is 29.4 Å². The van der Waals surface area contributed by atoms with Crippen molar-refractivity contribution in [3.05, 3.63) is 36.2 Å². The minimum atomic E-state index is -5.02. The molecule has 4 atom stereocenters. The summed E-state index contributed by atoms with van der Waals surface area (Å²) < 4.78 is 36.0. The first-order chi connectivity index (χ1) is 15.6. The fourth-order valence-corrected chi connectivity index (χ4v) is 3.78. The second kappa shape index (κ2) is 8.79. The number of hydrogen-bond donors (Lipinski definition) is 7. The first-order valence-corrected chi connectivity index (χ1v) is 10.9. The zero-order valence-electron chi connectivity index (χ0n) is 16.6. The van der Waals surface area contributed by atoms with Gasteiger partial charge in [0.1, 0.15) is 30.4 Å². The molecule has 1 saturated heterocycles. The van der Waals surface area contributed by atoms with Crippen LogP contribution in [-0.4, -0.2) is 74.7 Å². The molecule has 33 heavy (non-hydrogen) atoms. The number of hydrogen-bond acceptors (Lipinski definition) is 11. The Labute approximate surface area is 184 Å². The summed E-state index contributed by atoms with van der Waals surface area (Å²) in [5, 5.41) is 42.3. The van der Waals surface area contributed by atoms with Crippen LogP contribution < -0.4 is 9.84 Å². The van der Waals surface area contributed by atoms with Crippen LogP contribution in [0.2, 0.25) is 0 Å². The summed E-state index contributed by atoms with van der Waals surface area (Å²) in [6.45, 7) is -0.672. The second-order valence-electron chi connectivity index (χ2n) is 7.12. The Bertz CT molecular complexity index is 1220. The van der Waals surface area contributed by atoms with Gasteiger partial charge in [-0.2, -0.15) is 0 Å². The summed E-state index contributed by atoms with van der Waals surface area (Å²) in [5.74, 6) is -2.24. The Hall–Kier alpha value is -2.91. The molecule has 14 nitrogen and oxygen atoms in total. The highest BCUT2D eigenvalue weighted by Gasteiger charge is 2.44. The number of aliphatic hydroxyl groups is 3. The van der Waals surface area contributed by atoms with Crippen molar-refractivity contribution < 1.29 is 48.4 Å². The second-order valence-corrected chi connectivity index (χ2v) is 8.29. The highest BCUT2D eigenvalue weighted by Crippen LogP contribution is 2.40. The molecule has 3 aromatic rings. The average Bonchev–Trinajstić information content (AvgIpc) is 3.30. The normalized spacial score (nSPS) is 23.2. The van der Waals surface area contributed by atoms with Crippen molar-refractivity contribution in [2.24, 2.45) is 0 Å². The number of aliphatic hydroxyl groups excluding tert-OH is 3. The topological polar surface area (TPSA) is 213 Å². The Morgan fingerprint density at radius 2 is 1.97 bits per heavy atom. The molecule has 0 unspecified atom stereocenters. The molecular weight excluding hydrogens is 468 g/mol. The van der Waals surface area contributed by atoms with Gasteiger partial charge in [-0.3, -0.25) is 14.4 Å². The van der Waals surface area contributed by atoms with Crippen molar-refractivity contribution in [1.29, 1.82) is 0 Å². The van der Waals surface area contributed by atoms with Gasteiger partial charge in [-0.1, -0.05) is 0 Å². The smallest absolute Gasteiger partial charge is 0.507 e. The molecule has 1 aliphatic heterocycles. The number of phosphoric ester groups is 1. The number of phenols is 1. The quantitative estimate of drug-likeness (QED) is 0.207. The number of benzene rings is 1. The number of aromatic hydroxyl groups is 1. The van der Waals surface area contributed by atoms with E-state index in [2.05, 4.69) is 24.8 Å². The molecule has 178 valence electrons. The third kappa shape index (κ3) is 4.60. The standard InChI is InChI=1S/C17H19FN5O9P/c18-8-2-9(25)7(1-10(8)32-33(28,29)30)3-19-15-12-16(21-5-20-15)23(6-22-12)17-14(27)13(26)11(4-24)31-17/h1-2,5-6,11,13-14,17,24-27H,3-4H2,(H,19,20,21)(H2,28,29,30)/t11-,13-,14-,17-/m1/s1. The van der Waals surface area contributed by atoms with Crippen molar-refractivity contribution in [1.82, 2.24) is 19.5 Å². The van der Waals surface area contributed by atoms with Gasteiger partial charge in [-0.25, -0.2) is 23.9 Å². The largest absolute Gasteiger partial charge is 0.524 e. The van der Waals surface area contributed by atoms with Gasteiger partial charge in [0.05, 0.1) is 12.9 Å². The lowest BCUT2D eigenvalue weighted by Crippen LogP contribution is -2.33. The summed E-state index contributed by atoms with van der Waals surface area (Å²) >= 11 is 0. The van der Waals surface area contributed by atoms with Crippen LogP contribution in [0.25, 0.3) is 11.2 Å². The van der Waals surface area contributed by atoms with E-state index in [0.29, 0.717) is 6.07 Å². The maximum Gasteiger partial charge on any atom is 0.524 e. The molecule has 1 aromatic carbocycles. The van der Waals surface area contributed by atoms with E-state index in [1.807, 2.05) is 0 Å². The number of phosphoric acid groups is 1. The van der Waals surface area contributed by atoms with Crippen molar-refractivity contribution in [2.75, 3.05) is 11.9 Å². The molecule has 0 radical (unpaired) electrons. The van der Waals surface area contributed by atoms with Crippen molar-refractivity contribution in [3.8, 4) is 11.5 Å². The SMILES string of the molecule is O=P(O)(O)Oc1cc(CNc2ncnc3c2ncn3[C@@H]2O[C@H](CO)[C@@H](O)[C@H]2O)c(O)cc1F. The van der Waals surface area contributed by atoms with Crippen LogP contribution in [0.4, 0.5) is 10.2 Å². The van der Waals surface area contributed by atoms with Crippen LogP contribution in [0, 0.1) is 5.82 Å². The monoisotopic (exact) mass is 487 g/mol. The highest BCUT2D eigenvalue weighted by molar-refractivity contribution is 7.46. The molecule has 0 spiro atoms. The number of ether oxygens (including phenoxy) is 1. The first kappa shape index (κ1) is 23.3. The minimum Gasteiger partial charge on any atom is -0.507 e. The molecule has 1 aliphatic rings. The van der Waals surface area contributed by atoms with E-state index in [4.69, 9.17) is 14.5 Å². The van der Waals surface area contributed by atoms with Gasteiger partial charge in [0.15, 0.2) is 34.8 Å². The Morgan fingerprint density at radius 1 is 1.21 bits per heavy atom. The molecule has 3 heterocycles. The molecule has 0 amide bonds. The van der Waals surface area contributed by atoms with Gasteiger partial charge in [-0.05, 0) is 6.07 Å². The lowest BCUT2D eigenvalue weighted by molar-refractivity contribution is -0.0511. The zero-order chi connectivity index (χ0) is 23.9. The summed E-state index contributed by atoms with van der Waals surface area (Å²) in [4.78, 5) is 30.1. The van der Waals surface area contributed by atoms with Gasteiger partial charge in [-0.15, -0.1) is 0 Å². The molecule has 1 fully saturated rings. The highest BCUT2D eigenvalue weighted by atomic mass is 31.2. The van der Waals surface area contributed by atoms with Crippen LogP contribution in [0.1, 0.15) is 11.8 Å². The van der Waals surface area contributed by atoms with Crippen LogP contribution >= 0.6 is 7.82 Å². The number of rotatable bonds is 7. The van der Waals surface area contributed by atoms with Crippen LogP contribution in [0.5, 0.6) is 11.5 Å². The predicted molar refractivity (Wildman–Crippen MR) is 106 cm³/mol.